The molecule has 0 bridgehead atoms. The molecular formula is C15H16N2O2S. The molecule has 3 rings (SSSR count). The van der Waals surface area contributed by atoms with Gasteiger partial charge in [0.1, 0.15) is 0 Å². The van der Waals surface area contributed by atoms with Crippen molar-refractivity contribution in [1.29, 1.82) is 0 Å². The first kappa shape index (κ1) is 13.3. The molecule has 0 aliphatic carbocycles. The summed E-state index contributed by atoms with van der Waals surface area (Å²) in [5.74, 6) is 0.488. The maximum atomic E-state index is 12.4. The summed E-state index contributed by atoms with van der Waals surface area (Å²) in [6, 6.07) is 12.1. The number of rotatable bonds is 3. The minimum Gasteiger partial charge on any atom is -0.316 e. The minimum atomic E-state index is -3.51. The third-order valence-corrected chi connectivity index (χ3v) is 5.32. The summed E-state index contributed by atoms with van der Waals surface area (Å²) >= 11 is 0. The van der Waals surface area contributed by atoms with Crippen molar-refractivity contribution in [1.82, 2.24) is 10.3 Å². The van der Waals surface area contributed by atoms with E-state index in [1.165, 1.54) is 17.8 Å². The van der Waals surface area contributed by atoms with Crippen LogP contribution in [0.25, 0.3) is 0 Å². The van der Waals surface area contributed by atoms with E-state index in [1.54, 1.807) is 24.3 Å². The Kier molecular flexibility index (Phi) is 3.54. The number of sulfone groups is 1. The van der Waals surface area contributed by atoms with Gasteiger partial charge in [-0.3, -0.25) is 0 Å². The van der Waals surface area contributed by atoms with Crippen LogP contribution in [0, 0.1) is 0 Å². The highest BCUT2D eigenvalue weighted by atomic mass is 32.2. The fraction of sp³-hybridized carbons (Fsp3) is 0.267. The Morgan fingerprint density at radius 1 is 1.10 bits per heavy atom. The molecule has 1 aromatic carbocycles. The summed E-state index contributed by atoms with van der Waals surface area (Å²) in [7, 11) is -3.51. The van der Waals surface area contributed by atoms with E-state index in [0.29, 0.717) is 10.8 Å². The second-order valence-corrected chi connectivity index (χ2v) is 6.83. The highest BCUT2D eigenvalue weighted by Crippen LogP contribution is 2.25. The Bertz CT molecular complexity index is 676. The lowest BCUT2D eigenvalue weighted by Gasteiger charge is -2.10. The molecule has 0 saturated carbocycles. The fourth-order valence-electron chi connectivity index (χ4n) is 2.49. The Morgan fingerprint density at radius 3 is 2.50 bits per heavy atom. The summed E-state index contributed by atoms with van der Waals surface area (Å²) in [5.41, 5.74) is 1.19. The van der Waals surface area contributed by atoms with E-state index in [2.05, 4.69) is 10.3 Å². The predicted octanol–water partition coefficient (Wildman–Crippen LogP) is 1.99. The number of nitrogens with one attached hydrogen (secondary N) is 1. The monoisotopic (exact) mass is 288 g/mol. The Labute approximate surface area is 118 Å². The molecule has 1 unspecified atom stereocenters. The van der Waals surface area contributed by atoms with E-state index in [0.717, 1.165) is 19.5 Å². The molecule has 0 amide bonds. The van der Waals surface area contributed by atoms with Crippen LogP contribution in [0.5, 0.6) is 0 Å². The number of benzene rings is 1. The second-order valence-electron chi connectivity index (χ2n) is 4.93. The van der Waals surface area contributed by atoms with Crippen molar-refractivity contribution in [2.24, 2.45) is 0 Å². The summed E-state index contributed by atoms with van der Waals surface area (Å²) in [6.45, 7) is 1.99. The number of hydrogen-bond acceptors (Lipinski definition) is 4. The van der Waals surface area contributed by atoms with Gasteiger partial charge in [-0.15, -0.1) is 0 Å². The van der Waals surface area contributed by atoms with Crippen LogP contribution >= 0.6 is 0 Å². The van der Waals surface area contributed by atoms with Crippen LogP contribution in [-0.4, -0.2) is 26.5 Å². The molecule has 1 aliphatic heterocycles. The van der Waals surface area contributed by atoms with Gasteiger partial charge in [0.05, 0.1) is 4.90 Å². The molecule has 2 heterocycles. The highest BCUT2D eigenvalue weighted by molar-refractivity contribution is 7.91. The van der Waals surface area contributed by atoms with E-state index in [4.69, 9.17) is 0 Å². The van der Waals surface area contributed by atoms with E-state index in [1.807, 2.05) is 12.1 Å². The van der Waals surface area contributed by atoms with Gasteiger partial charge in [-0.05, 0) is 48.7 Å². The standard InChI is InChI=1S/C15H16N2O2S/c18-20(19,15-3-1-2-9-17-15)14-6-4-12(5-7-14)13-8-10-16-11-13/h1-7,9,13,16H,8,10-11H2. The lowest BCUT2D eigenvalue weighted by molar-refractivity contribution is 0.592. The summed E-state index contributed by atoms with van der Waals surface area (Å²) < 4.78 is 24.8. The smallest absolute Gasteiger partial charge is 0.223 e. The zero-order valence-corrected chi connectivity index (χ0v) is 11.8. The Balaban J connectivity index is 1.91. The van der Waals surface area contributed by atoms with Gasteiger partial charge in [0.15, 0.2) is 5.03 Å². The largest absolute Gasteiger partial charge is 0.316 e. The van der Waals surface area contributed by atoms with Crippen molar-refractivity contribution in [2.75, 3.05) is 13.1 Å². The second kappa shape index (κ2) is 5.34. The lowest BCUT2D eigenvalue weighted by Crippen LogP contribution is -2.08. The van der Waals surface area contributed by atoms with Gasteiger partial charge in [0.2, 0.25) is 9.84 Å². The summed E-state index contributed by atoms with van der Waals surface area (Å²) in [6.07, 6.45) is 2.60. The molecule has 104 valence electrons. The number of hydrogen-bond donors (Lipinski definition) is 1. The molecule has 20 heavy (non-hydrogen) atoms. The van der Waals surface area contributed by atoms with Crippen molar-refractivity contribution in [2.45, 2.75) is 22.3 Å². The fourth-order valence-corrected chi connectivity index (χ4v) is 3.68. The number of aromatic nitrogens is 1. The molecule has 0 spiro atoms. The van der Waals surface area contributed by atoms with Crippen molar-refractivity contribution in [3.8, 4) is 0 Å². The lowest BCUT2D eigenvalue weighted by atomic mass is 9.99. The maximum Gasteiger partial charge on any atom is 0.223 e. The molecule has 5 heteroatoms. The average Bonchev–Trinajstić information content (AvgIpc) is 3.02. The molecule has 1 saturated heterocycles. The van der Waals surface area contributed by atoms with Gasteiger partial charge in [0, 0.05) is 12.7 Å². The Hall–Kier alpha value is -1.72. The van der Waals surface area contributed by atoms with Gasteiger partial charge >= 0.3 is 0 Å². The Morgan fingerprint density at radius 2 is 1.90 bits per heavy atom. The van der Waals surface area contributed by atoms with E-state index in [-0.39, 0.29) is 5.03 Å². The van der Waals surface area contributed by atoms with Crippen LogP contribution < -0.4 is 5.32 Å². The molecule has 1 aromatic heterocycles. The van der Waals surface area contributed by atoms with Crippen molar-refractivity contribution in [3.63, 3.8) is 0 Å². The van der Waals surface area contributed by atoms with Crippen LogP contribution in [-0.2, 0) is 9.84 Å². The molecule has 1 fully saturated rings. The first-order chi connectivity index (χ1) is 9.68. The molecule has 2 aromatic rings. The van der Waals surface area contributed by atoms with Crippen LogP contribution in [0.2, 0.25) is 0 Å². The molecule has 1 N–H and O–H groups in total. The third kappa shape index (κ3) is 2.46. The normalized spacial score (nSPS) is 19.1. The third-order valence-electron chi connectivity index (χ3n) is 3.64. The number of pyridine rings is 1. The first-order valence-electron chi connectivity index (χ1n) is 6.65. The topological polar surface area (TPSA) is 59.1 Å². The number of nitrogens with zero attached hydrogens (tertiary/aromatic N) is 1. The van der Waals surface area contributed by atoms with Gasteiger partial charge in [0.25, 0.3) is 0 Å². The van der Waals surface area contributed by atoms with Gasteiger partial charge in [-0.25, -0.2) is 13.4 Å². The van der Waals surface area contributed by atoms with E-state index >= 15 is 0 Å². The van der Waals surface area contributed by atoms with Gasteiger partial charge in [-0.1, -0.05) is 18.2 Å². The summed E-state index contributed by atoms with van der Waals surface area (Å²) in [4.78, 5) is 4.23. The zero-order valence-electron chi connectivity index (χ0n) is 11.0. The van der Waals surface area contributed by atoms with E-state index in [9.17, 15) is 8.42 Å². The van der Waals surface area contributed by atoms with E-state index < -0.39 is 9.84 Å². The first-order valence-corrected chi connectivity index (χ1v) is 8.13. The van der Waals surface area contributed by atoms with Crippen molar-refractivity contribution in [3.05, 3.63) is 54.2 Å². The molecule has 1 atom stereocenters. The van der Waals surface area contributed by atoms with Gasteiger partial charge in [-0.2, -0.15) is 0 Å². The molecule has 1 aliphatic rings. The van der Waals surface area contributed by atoms with Crippen LogP contribution in [0.3, 0.4) is 0 Å². The van der Waals surface area contributed by atoms with Crippen LogP contribution in [0.15, 0.2) is 58.6 Å². The SMILES string of the molecule is O=S(=O)(c1ccc(C2CCNC2)cc1)c1ccccn1. The molecule has 0 radical (unpaired) electrons. The maximum absolute atomic E-state index is 12.4. The van der Waals surface area contributed by atoms with Gasteiger partial charge < -0.3 is 5.32 Å². The predicted molar refractivity (Wildman–Crippen MR) is 76.4 cm³/mol. The van der Waals surface area contributed by atoms with Crippen LogP contribution in [0.4, 0.5) is 0 Å². The van der Waals surface area contributed by atoms with Crippen LogP contribution in [0.1, 0.15) is 17.9 Å². The zero-order chi connectivity index (χ0) is 14.0. The average molecular weight is 288 g/mol. The molecule has 4 nitrogen and oxygen atoms in total. The minimum absolute atomic E-state index is 0.0929. The highest BCUT2D eigenvalue weighted by Gasteiger charge is 2.20. The van der Waals surface area contributed by atoms with Crippen molar-refractivity contribution < 1.29 is 8.42 Å². The quantitative estimate of drug-likeness (QED) is 0.938. The van der Waals surface area contributed by atoms with Crippen molar-refractivity contribution >= 4 is 9.84 Å². The molecular weight excluding hydrogens is 272 g/mol. The summed E-state index contributed by atoms with van der Waals surface area (Å²) in [5, 5.41) is 3.41.